The fourth-order valence-corrected chi connectivity index (χ4v) is 1.94. The van der Waals surface area contributed by atoms with E-state index in [1.54, 1.807) is 27.8 Å². The van der Waals surface area contributed by atoms with Gasteiger partial charge in [0.05, 0.1) is 12.2 Å². The van der Waals surface area contributed by atoms with Gasteiger partial charge in [-0.3, -0.25) is 9.58 Å². The second-order valence-corrected chi connectivity index (χ2v) is 4.95. The molecular weight excluding hydrogens is 267 g/mol. The second kappa shape index (κ2) is 5.48. The lowest BCUT2D eigenvalue weighted by atomic mass is 10.2. The maximum atomic E-state index is 12.5. The highest BCUT2D eigenvalue weighted by atomic mass is 35.5. The van der Waals surface area contributed by atoms with Gasteiger partial charge in [-0.25, -0.2) is 0 Å². The summed E-state index contributed by atoms with van der Waals surface area (Å²) in [5.74, 6) is 0. The summed E-state index contributed by atoms with van der Waals surface area (Å²) in [6.07, 6.45) is -4.22. The minimum absolute atomic E-state index is 0.148. The van der Waals surface area contributed by atoms with Crippen molar-refractivity contribution in [1.29, 1.82) is 0 Å². The van der Waals surface area contributed by atoms with E-state index >= 15 is 0 Å². The van der Waals surface area contributed by atoms with Gasteiger partial charge in [0, 0.05) is 25.2 Å². The van der Waals surface area contributed by atoms with Crippen LogP contribution in [0.25, 0.3) is 0 Å². The molecule has 0 aliphatic rings. The van der Waals surface area contributed by atoms with Gasteiger partial charge in [-0.15, -0.1) is 0 Å². The molecule has 18 heavy (non-hydrogen) atoms. The number of alkyl halides is 3. The lowest BCUT2D eigenvalue weighted by molar-refractivity contribution is -0.150. The molecule has 1 rings (SSSR count). The zero-order valence-corrected chi connectivity index (χ0v) is 11.6. The van der Waals surface area contributed by atoms with E-state index in [0.29, 0.717) is 16.4 Å². The zero-order valence-electron chi connectivity index (χ0n) is 10.8. The van der Waals surface area contributed by atoms with Gasteiger partial charge in [-0.1, -0.05) is 11.6 Å². The molecule has 0 aliphatic carbocycles. The Morgan fingerprint density at radius 1 is 1.39 bits per heavy atom. The lowest BCUT2D eigenvalue weighted by Gasteiger charge is -2.27. The molecular formula is C11H17ClF3N3. The van der Waals surface area contributed by atoms with Crippen LogP contribution in [0.4, 0.5) is 13.2 Å². The van der Waals surface area contributed by atoms with Crippen molar-refractivity contribution in [1.82, 2.24) is 14.7 Å². The molecule has 0 radical (unpaired) electrons. The molecule has 0 aliphatic heterocycles. The van der Waals surface area contributed by atoms with Crippen LogP contribution in [0.5, 0.6) is 0 Å². The third-order valence-electron chi connectivity index (χ3n) is 2.74. The van der Waals surface area contributed by atoms with Gasteiger partial charge in [-0.05, 0) is 20.8 Å². The first-order valence-corrected chi connectivity index (χ1v) is 5.98. The first kappa shape index (κ1) is 15.3. The molecule has 0 saturated carbocycles. The molecule has 1 heterocycles. The van der Waals surface area contributed by atoms with E-state index in [-0.39, 0.29) is 12.6 Å². The van der Waals surface area contributed by atoms with Crippen LogP contribution >= 0.6 is 11.6 Å². The molecule has 0 fully saturated rings. The number of aromatic nitrogens is 2. The predicted molar refractivity (Wildman–Crippen MR) is 64.6 cm³/mol. The van der Waals surface area contributed by atoms with Crippen LogP contribution < -0.4 is 0 Å². The Hall–Kier alpha value is -0.750. The van der Waals surface area contributed by atoms with E-state index in [2.05, 4.69) is 5.10 Å². The summed E-state index contributed by atoms with van der Waals surface area (Å²) < 4.78 is 38.9. The Balaban J connectivity index is 2.90. The molecule has 1 aromatic rings. The van der Waals surface area contributed by atoms with Crippen molar-refractivity contribution in [2.45, 2.75) is 39.5 Å². The number of nitrogens with zero attached hydrogens (tertiary/aromatic N) is 3. The van der Waals surface area contributed by atoms with Gasteiger partial charge < -0.3 is 0 Å². The summed E-state index contributed by atoms with van der Waals surface area (Å²) >= 11 is 6.03. The van der Waals surface area contributed by atoms with Crippen molar-refractivity contribution in [3.8, 4) is 0 Å². The molecule has 1 aromatic heterocycles. The van der Waals surface area contributed by atoms with Crippen LogP contribution in [-0.4, -0.2) is 33.4 Å². The van der Waals surface area contributed by atoms with Crippen LogP contribution in [0.2, 0.25) is 5.15 Å². The van der Waals surface area contributed by atoms with E-state index in [4.69, 9.17) is 11.6 Å². The molecule has 0 bridgehead atoms. The fraction of sp³-hybridized carbons (Fsp3) is 0.727. The molecule has 0 amide bonds. The van der Waals surface area contributed by atoms with Crippen molar-refractivity contribution in [2.24, 2.45) is 7.05 Å². The van der Waals surface area contributed by atoms with Gasteiger partial charge in [0.15, 0.2) is 0 Å². The van der Waals surface area contributed by atoms with Crippen molar-refractivity contribution in [3.63, 3.8) is 0 Å². The van der Waals surface area contributed by atoms with E-state index in [0.717, 1.165) is 0 Å². The quantitative estimate of drug-likeness (QED) is 0.846. The van der Waals surface area contributed by atoms with Crippen molar-refractivity contribution < 1.29 is 13.2 Å². The minimum atomic E-state index is -4.22. The lowest BCUT2D eigenvalue weighted by Crippen LogP contribution is -2.38. The first-order chi connectivity index (χ1) is 8.11. The SMILES string of the molecule is Cc1nn(C)c(Cl)c1CN(CC(F)(F)F)C(C)C. The average Bonchev–Trinajstić information content (AvgIpc) is 2.41. The van der Waals surface area contributed by atoms with Gasteiger partial charge >= 0.3 is 6.18 Å². The third kappa shape index (κ3) is 3.88. The summed E-state index contributed by atoms with van der Waals surface area (Å²) in [5.41, 5.74) is 1.31. The van der Waals surface area contributed by atoms with Gasteiger partial charge in [0.2, 0.25) is 0 Å². The monoisotopic (exact) mass is 283 g/mol. The van der Waals surface area contributed by atoms with Crippen LogP contribution in [0.3, 0.4) is 0 Å². The van der Waals surface area contributed by atoms with Crippen molar-refractivity contribution in [2.75, 3.05) is 6.54 Å². The fourth-order valence-electron chi connectivity index (χ4n) is 1.71. The van der Waals surface area contributed by atoms with Crippen LogP contribution in [0, 0.1) is 6.92 Å². The Bertz CT molecular complexity index is 412. The number of hydrogen-bond donors (Lipinski definition) is 0. The highest BCUT2D eigenvalue weighted by Crippen LogP contribution is 2.24. The Labute approximate surface area is 110 Å². The van der Waals surface area contributed by atoms with E-state index in [1.165, 1.54) is 9.58 Å². The minimum Gasteiger partial charge on any atom is -0.288 e. The highest BCUT2D eigenvalue weighted by Gasteiger charge is 2.32. The molecule has 0 unspecified atom stereocenters. The summed E-state index contributed by atoms with van der Waals surface area (Å²) in [6, 6.07) is -0.220. The molecule has 7 heteroatoms. The van der Waals surface area contributed by atoms with Crippen molar-refractivity contribution >= 4 is 11.6 Å². The standard InChI is InChI=1S/C11H17ClF3N3/c1-7(2)18(6-11(13,14)15)5-9-8(3)16-17(4)10(9)12/h7H,5-6H2,1-4H3. The molecule has 0 atom stereocenters. The number of aryl methyl sites for hydroxylation is 2. The van der Waals surface area contributed by atoms with Crippen LogP contribution in [0.1, 0.15) is 25.1 Å². The summed E-state index contributed by atoms with van der Waals surface area (Å²) in [7, 11) is 1.67. The van der Waals surface area contributed by atoms with Gasteiger partial charge in [0.1, 0.15) is 5.15 Å². The first-order valence-electron chi connectivity index (χ1n) is 5.60. The Morgan fingerprint density at radius 2 is 1.94 bits per heavy atom. The molecule has 0 aromatic carbocycles. The van der Waals surface area contributed by atoms with Crippen molar-refractivity contribution in [3.05, 3.63) is 16.4 Å². The van der Waals surface area contributed by atoms with E-state index in [1.807, 2.05) is 0 Å². The van der Waals surface area contributed by atoms with E-state index < -0.39 is 12.7 Å². The third-order valence-corrected chi connectivity index (χ3v) is 3.22. The maximum Gasteiger partial charge on any atom is 0.401 e. The zero-order chi connectivity index (χ0) is 14.1. The topological polar surface area (TPSA) is 21.1 Å². The molecule has 0 saturated heterocycles. The smallest absolute Gasteiger partial charge is 0.288 e. The average molecular weight is 284 g/mol. The van der Waals surface area contributed by atoms with E-state index in [9.17, 15) is 13.2 Å². The normalized spacial score (nSPS) is 12.8. The van der Waals surface area contributed by atoms with Crippen LogP contribution in [-0.2, 0) is 13.6 Å². The molecule has 0 spiro atoms. The van der Waals surface area contributed by atoms with Gasteiger partial charge in [0.25, 0.3) is 0 Å². The number of hydrogen-bond acceptors (Lipinski definition) is 2. The maximum absolute atomic E-state index is 12.5. The van der Waals surface area contributed by atoms with Crippen LogP contribution in [0.15, 0.2) is 0 Å². The summed E-state index contributed by atoms with van der Waals surface area (Å²) in [6.45, 7) is 4.40. The summed E-state index contributed by atoms with van der Waals surface area (Å²) in [5, 5.41) is 4.49. The number of halogens is 4. The molecule has 0 N–H and O–H groups in total. The Morgan fingerprint density at radius 3 is 2.28 bits per heavy atom. The number of rotatable bonds is 4. The Kier molecular flexibility index (Phi) is 4.66. The van der Waals surface area contributed by atoms with Gasteiger partial charge in [-0.2, -0.15) is 18.3 Å². The highest BCUT2D eigenvalue weighted by molar-refractivity contribution is 6.30. The second-order valence-electron chi connectivity index (χ2n) is 4.59. The molecule has 104 valence electrons. The summed E-state index contributed by atoms with van der Waals surface area (Å²) in [4.78, 5) is 1.33. The largest absolute Gasteiger partial charge is 0.401 e. The molecule has 3 nitrogen and oxygen atoms in total. The predicted octanol–water partition coefficient (Wildman–Crippen LogP) is 3.15.